The molecule has 0 radical (unpaired) electrons. The molecule has 0 amide bonds. The van der Waals surface area contributed by atoms with Crippen molar-refractivity contribution >= 4 is 55.7 Å². The lowest BCUT2D eigenvalue weighted by molar-refractivity contribution is 0.590. The van der Waals surface area contributed by atoms with Gasteiger partial charge in [-0.1, -0.05) is 223 Å². The van der Waals surface area contributed by atoms with E-state index in [9.17, 15) is 0 Å². The van der Waals surface area contributed by atoms with E-state index in [2.05, 4.69) is 299 Å². The van der Waals surface area contributed by atoms with Crippen LogP contribution in [0.2, 0.25) is 0 Å². The Hall–Kier alpha value is -7.68. The maximum atomic E-state index is 2.58. The molecule has 2 heteroatoms. The Bertz CT molecular complexity index is 3670. The van der Waals surface area contributed by atoms with E-state index in [0.29, 0.717) is 0 Å². The lowest BCUT2D eigenvalue weighted by atomic mass is 9.69. The highest BCUT2D eigenvalue weighted by Gasteiger charge is 2.53. The number of fused-ring (bicyclic) bond motifs is 14. The van der Waals surface area contributed by atoms with E-state index in [1.807, 2.05) is 0 Å². The van der Waals surface area contributed by atoms with Gasteiger partial charge in [-0.2, -0.15) is 0 Å². The van der Waals surface area contributed by atoms with E-state index in [1.165, 1.54) is 94.0 Å². The van der Waals surface area contributed by atoms with E-state index < -0.39 is 5.41 Å². The molecule has 10 aromatic carbocycles. The highest BCUT2D eigenvalue weighted by atomic mass is 15.1. The Labute approximate surface area is 446 Å². The average Bonchev–Trinajstić information content (AvgIpc) is 3.87. The van der Waals surface area contributed by atoms with Crippen LogP contribution >= 0.6 is 0 Å². The van der Waals surface area contributed by atoms with Crippen LogP contribution in [0.1, 0.15) is 128 Å². The van der Waals surface area contributed by atoms with Gasteiger partial charge in [-0.3, -0.25) is 0 Å². The van der Waals surface area contributed by atoms with Crippen LogP contribution in [0.15, 0.2) is 206 Å². The Morgan fingerprint density at radius 2 is 0.680 bits per heavy atom. The summed E-state index contributed by atoms with van der Waals surface area (Å²) in [5.41, 5.74) is 22.2. The topological polar surface area (TPSA) is 6.48 Å². The van der Waals surface area contributed by atoms with E-state index in [4.69, 9.17) is 0 Å². The van der Waals surface area contributed by atoms with Crippen molar-refractivity contribution in [3.63, 3.8) is 0 Å². The van der Waals surface area contributed by atoms with Crippen LogP contribution in [0.3, 0.4) is 0 Å². The summed E-state index contributed by atoms with van der Waals surface area (Å²) in [7, 11) is 0. The van der Waals surface area contributed by atoms with Crippen LogP contribution in [0, 0.1) is 0 Å². The number of anilines is 6. The smallest absolute Gasteiger partial charge is 0.0732 e. The van der Waals surface area contributed by atoms with Gasteiger partial charge in [0.2, 0.25) is 0 Å². The third-order valence-corrected chi connectivity index (χ3v) is 16.5. The minimum absolute atomic E-state index is 0.0244. The molecule has 0 bridgehead atoms. The van der Waals surface area contributed by atoms with E-state index in [-0.39, 0.29) is 21.7 Å². The minimum Gasteiger partial charge on any atom is -0.310 e. The van der Waals surface area contributed by atoms with Crippen molar-refractivity contribution in [2.24, 2.45) is 0 Å². The molecule has 0 atom stereocenters. The first kappa shape index (κ1) is 48.3. The zero-order valence-corrected chi connectivity index (χ0v) is 46.0. The zero-order chi connectivity index (χ0) is 52.4. The van der Waals surface area contributed by atoms with Gasteiger partial charge in [0, 0.05) is 33.8 Å². The van der Waals surface area contributed by atoms with Gasteiger partial charge in [0.1, 0.15) is 0 Å². The summed E-state index contributed by atoms with van der Waals surface area (Å²) in [6.07, 6.45) is 0. The quantitative estimate of drug-likeness (QED) is 0.164. The standard InChI is InChI=1S/C73H70N2/c1-69(2,3)48-26-34-52(35-27-48)74(53-36-28-49(29-37-53)70(4,5)6)56-42-44-57-47(45-56)25-43-62-67-61-22-14-13-21-60(61)66(46-65(67)73(68(57)62)63-23-17-15-19-58(63)59-20-16-18-24-64(59)73)75(54-38-30-50(31-39-54)71(7,8)9)55-40-32-51(33-41-55)72(10,11)12/h13-46H,1-12H3. The van der Waals surface area contributed by atoms with Crippen molar-refractivity contribution in [2.75, 3.05) is 9.80 Å². The predicted molar refractivity (Wildman–Crippen MR) is 322 cm³/mol. The summed E-state index contributed by atoms with van der Waals surface area (Å²) in [4.78, 5) is 4.96. The Morgan fingerprint density at radius 1 is 0.293 bits per heavy atom. The lowest BCUT2D eigenvalue weighted by Gasteiger charge is -2.34. The summed E-state index contributed by atoms with van der Waals surface area (Å²) in [6, 6.07) is 79.3. The molecule has 372 valence electrons. The lowest BCUT2D eigenvalue weighted by Crippen LogP contribution is -2.26. The SMILES string of the molecule is CC(C)(C)c1ccc(N(c2ccc(C(C)(C)C)cc2)c2ccc3c4c(ccc3c2)-c2c(cc(N(c3ccc(C(C)(C)C)cc3)c3ccc(C(C)(C)C)cc3)c3ccccc23)C42c3ccccc3-c3ccccc32)cc1. The van der Waals surface area contributed by atoms with Crippen LogP contribution in [0.5, 0.6) is 0 Å². The molecule has 0 N–H and O–H groups in total. The summed E-state index contributed by atoms with van der Waals surface area (Å²) in [5.74, 6) is 0. The number of hydrogen-bond donors (Lipinski definition) is 0. The van der Waals surface area contributed by atoms with Gasteiger partial charge >= 0.3 is 0 Å². The van der Waals surface area contributed by atoms with Gasteiger partial charge in [-0.05, 0) is 171 Å². The average molecular weight is 975 g/mol. The second-order valence-corrected chi connectivity index (χ2v) is 25.5. The summed E-state index contributed by atoms with van der Waals surface area (Å²) in [6.45, 7) is 27.5. The molecule has 12 rings (SSSR count). The van der Waals surface area contributed by atoms with Crippen LogP contribution in [-0.4, -0.2) is 0 Å². The van der Waals surface area contributed by atoms with Gasteiger partial charge in [0.15, 0.2) is 0 Å². The van der Waals surface area contributed by atoms with Crippen molar-refractivity contribution in [2.45, 2.75) is 110 Å². The van der Waals surface area contributed by atoms with Crippen LogP contribution in [0.25, 0.3) is 43.8 Å². The zero-order valence-electron chi connectivity index (χ0n) is 46.0. The van der Waals surface area contributed by atoms with Crippen LogP contribution < -0.4 is 9.80 Å². The molecule has 0 saturated heterocycles. The molecule has 0 saturated carbocycles. The third kappa shape index (κ3) is 7.82. The van der Waals surface area contributed by atoms with Gasteiger partial charge in [0.25, 0.3) is 0 Å². The first-order valence-corrected chi connectivity index (χ1v) is 27.1. The molecule has 10 aromatic rings. The third-order valence-electron chi connectivity index (χ3n) is 16.5. The molecule has 0 aromatic heterocycles. The molecule has 2 nitrogen and oxygen atoms in total. The molecule has 2 aliphatic rings. The Balaban J connectivity index is 1.13. The summed E-state index contributed by atoms with van der Waals surface area (Å²) >= 11 is 0. The molecule has 0 aliphatic heterocycles. The van der Waals surface area contributed by atoms with Gasteiger partial charge < -0.3 is 9.80 Å². The molecular weight excluding hydrogens is 905 g/mol. The normalized spacial score (nSPS) is 13.7. The van der Waals surface area contributed by atoms with Crippen molar-refractivity contribution < 1.29 is 0 Å². The second kappa shape index (κ2) is 17.2. The fourth-order valence-corrected chi connectivity index (χ4v) is 12.4. The largest absolute Gasteiger partial charge is 0.310 e. The number of nitrogens with zero attached hydrogens (tertiary/aromatic N) is 2. The fraction of sp³-hybridized carbons (Fsp3) is 0.233. The summed E-state index contributed by atoms with van der Waals surface area (Å²) < 4.78 is 0. The van der Waals surface area contributed by atoms with Crippen molar-refractivity contribution in [3.05, 3.63) is 251 Å². The van der Waals surface area contributed by atoms with Crippen molar-refractivity contribution in [3.8, 4) is 22.3 Å². The van der Waals surface area contributed by atoms with Gasteiger partial charge in [0.05, 0.1) is 11.1 Å². The number of benzene rings is 10. The number of hydrogen-bond acceptors (Lipinski definition) is 2. The molecule has 0 fully saturated rings. The molecule has 0 heterocycles. The minimum atomic E-state index is -0.610. The van der Waals surface area contributed by atoms with Gasteiger partial charge in [-0.15, -0.1) is 0 Å². The second-order valence-electron chi connectivity index (χ2n) is 25.5. The molecule has 1 spiro atoms. The molecule has 2 aliphatic carbocycles. The number of rotatable bonds is 6. The highest BCUT2D eigenvalue weighted by Crippen LogP contribution is 2.66. The van der Waals surface area contributed by atoms with Crippen molar-refractivity contribution in [1.29, 1.82) is 0 Å². The molecule has 0 unspecified atom stereocenters. The van der Waals surface area contributed by atoms with E-state index in [1.54, 1.807) is 0 Å². The molecular formula is C73H70N2. The van der Waals surface area contributed by atoms with E-state index in [0.717, 1.165) is 28.4 Å². The predicted octanol–water partition coefficient (Wildman–Crippen LogP) is 20.5. The Kier molecular flexibility index (Phi) is 11.1. The van der Waals surface area contributed by atoms with E-state index >= 15 is 0 Å². The maximum Gasteiger partial charge on any atom is 0.0732 e. The summed E-state index contributed by atoms with van der Waals surface area (Å²) in [5, 5.41) is 4.96. The van der Waals surface area contributed by atoms with Crippen LogP contribution in [0.4, 0.5) is 34.1 Å². The van der Waals surface area contributed by atoms with Crippen molar-refractivity contribution in [1.82, 2.24) is 0 Å². The fourth-order valence-electron chi connectivity index (χ4n) is 12.4. The first-order chi connectivity index (χ1) is 35.7. The monoisotopic (exact) mass is 975 g/mol. The molecule has 75 heavy (non-hydrogen) atoms. The first-order valence-electron chi connectivity index (χ1n) is 27.1. The van der Waals surface area contributed by atoms with Crippen LogP contribution in [-0.2, 0) is 27.1 Å². The Morgan fingerprint density at radius 3 is 1.12 bits per heavy atom. The maximum absolute atomic E-state index is 2.58. The van der Waals surface area contributed by atoms with Gasteiger partial charge in [-0.25, -0.2) is 0 Å². The highest BCUT2D eigenvalue weighted by molar-refractivity contribution is 6.15.